The van der Waals surface area contributed by atoms with Gasteiger partial charge in [-0.25, -0.2) is 4.98 Å². The number of benzene rings is 2. The number of para-hydroxylation sites is 2. The molecule has 25 heavy (non-hydrogen) atoms. The van der Waals surface area contributed by atoms with E-state index in [0.717, 1.165) is 32.4 Å². The Kier molecular flexibility index (Phi) is 3.29. The van der Waals surface area contributed by atoms with Gasteiger partial charge in [0.1, 0.15) is 5.01 Å². The average Bonchev–Trinajstić information content (AvgIpc) is 3.32. The Bertz CT molecular complexity index is 1190. The molecule has 0 saturated carbocycles. The smallest absolute Gasteiger partial charge is 0.235 e. The third kappa shape index (κ3) is 2.48. The first-order valence-corrected chi connectivity index (χ1v) is 8.84. The molecule has 0 aliphatic carbocycles. The zero-order valence-electron chi connectivity index (χ0n) is 12.9. The van der Waals surface area contributed by atoms with Gasteiger partial charge in [-0.15, -0.1) is 10.2 Å². The van der Waals surface area contributed by atoms with Crippen LogP contribution in [0.1, 0.15) is 5.82 Å². The van der Waals surface area contributed by atoms with Crippen molar-refractivity contribution in [2.45, 2.75) is 6.54 Å². The number of halogens is 1. The van der Waals surface area contributed by atoms with Gasteiger partial charge in [0.15, 0.2) is 5.82 Å². The minimum Gasteiger partial charge on any atom is -0.323 e. The zero-order valence-corrected chi connectivity index (χ0v) is 14.4. The summed E-state index contributed by atoms with van der Waals surface area (Å²) in [7, 11) is 0. The summed E-state index contributed by atoms with van der Waals surface area (Å²) < 4.78 is 3.84. The van der Waals surface area contributed by atoms with Crippen molar-refractivity contribution in [1.82, 2.24) is 29.4 Å². The van der Waals surface area contributed by atoms with Crippen LogP contribution in [0.15, 0.2) is 54.9 Å². The standard InChI is InChI=1S/C17H11ClN6S/c18-12-7-5-11(6-8-12)16-22-24-15(20-21-17(24)25-16)9-23-10-19-13-3-1-2-4-14(13)23/h1-8,10H,9H2. The molecular formula is C17H11ClN6S. The third-order valence-electron chi connectivity index (χ3n) is 3.99. The van der Waals surface area contributed by atoms with Crippen LogP contribution in [0, 0.1) is 0 Å². The molecule has 2 aromatic carbocycles. The topological polar surface area (TPSA) is 60.9 Å². The molecule has 5 aromatic rings. The van der Waals surface area contributed by atoms with Crippen LogP contribution in [-0.4, -0.2) is 29.4 Å². The fourth-order valence-electron chi connectivity index (χ4n) is 2.75. The molecule has 0 unspecified atom stereocenters. The Labute approximate surface area is 151 Å². The second kappa shape index (κ2) is 5.65. The van der Waals surface area contributed by atoms with E-state index in [4.69, 9.17) is 11.6 Å². The molecule has 0 N–H and O–H groups in total. The van der Waals surface area contributed by atoms with Crippen molar-refractivity contribution in [3.8, 4) is 10.6 Å². The molecule has 0 radical (unpaired) electrons. The van der Waals surface area contributed by atoms with Gasteiger partial charge in [0.2, 0.25) is 4.96 Å². The van der Waals surface area contributed by atoms with E-state index in [1.165, 1.54) is 11.3 Å². The summed E-state index contributed by atoms with van der Waals surface area (Å²) in [5, 5.41) is 14.8. The van der Waals surface area contributed by atoms with E-state index in [9.17, 15) is 0 Å². The molecular weight excluding hydrogens is 356 g/mol. The van der Waals surface area contributed by atoms with E-state index < -0.39 is 0 Å². The molecule has 3 aromatic heterocycles. The maximum absolute atomic E-state index is 5.96. The van der Waals surface area contributed by atoms with Crippen molar-refractivity contribution >= 4 is 38.9 Å². The van der Waals surface area contributed by atoms with E-state index in [1.807, 2.05) is 59.4 Å². The van der Waals surface area contributed by atoms with Crippen LogP contribution in [0.5, 0.6) is 0 Å². The van der Waals surface area contributed by atoms with E-state index in [2.05, 4.69) is 20.3 Å². The minimum atomic E-state index is 0.561. The molecule has 0 fully saturated rings. The SMILES string of the molecule is Clc1ccc(-c2nn3c(Cn4cnc5ccccc54)nnc3s2)cc1. The Morgan fingerprint density at radius 3 is 2.72 bits per heavy atom. The van der Waals surface area contributed by atoms with Crippen molar-refractivity contribution < 1.29 is 0 Å². The van der Waals surface area contributed by atoms with Crippen LogP contribution in [0.3, 0.4) is 0 Å². The van der Waals surface area contributed by atoms with Crippen LogP contribution in [-0.2, 0) is 6.54 Å². The monoisotopic (exact) mass is 366 g/mol. The molecule has 0 bridgehead atoms. The molecule has 0 amide bonds. The molecule has 0 aliphatic rings. The van der Waals surface area contributed by atoms with Crippen molar-refractivity contribution in [1.29, 1.82) is 0 Å². The molecule has 3 heterocycles. The fraction of sp³-hybridized carbons (Fsp3) is 0.0588. The summed E-state index contributed by atoms with van der Waals surface area (Å²) in [6.45, 7) is 0.561. The normalized spacial score (nSPS) is 11.6. The van der Waals surface area contributed by atoms with Gasteiger partial charge in [-0.2, -0.15) is 9.61 Å². The largest absolute Gasteiger partial charge is 0.323 e. The van der Waals surface area contributed by atoms with Gasteiger partial charge in [0.05, 0.1) is 23.9 Å². The number of hydrogen-bond donors (Lipinski definition) is 0. The number of imidazole rings is 1. The summed E-state index contributed by atoms with van der Waals surface area (Å²) >= 11 is 7.46. The van der Waals surface area contributed by atoms with Crippen LogP contribution >= 0.6 is 22.9 Å². The maximum atomic E-state index is 5.96. The van der Waals surface area contributed by atoms with Crippen LogP contribution < -0.4 is 0 Å². The maximum Gasteiger partial charge on any atom is 0.235 e. The zero-order chi connectivity index (χ0) is 16.8. The van der Waals surface area contributed by atoms with Gasteiger partial charge in [-0.05, 0) is 24.3 Å². The first-order chi connectivity index (χ1) is 12.3. The Morgan fingerprint density at radius 2 is 1.84 bits per heavy atom. The molecule has 5 rings (SSSR count). The van der Waals surface area contributed by atoms with E-state index in [1.54, 1.807) is 4.52 Å². The highest BCUT2D eigenvalue weighted by Gasteiger charge is 2.14. The number of hydrogen-bond acceptors (Lipinski definition) is 5. The molecule has 6 nitrogen and oxygen atoms in total. The van der Waals surface area contributed by atoms with Crippen LogP contribution in [0.2, 0.25) is 5.02 Å². The van der Waals surface area contributed by atoms with Gasteiger partial charge in [-0.3, -0.25) is 0 Å². The Hall–Kier alpha value is -2.77. The lowest BCUT2D eigenvalue weighted by Crippen LogP contribution is -2.04. The molecule has 0 spiro atoms. The van der Waals surface area contributed by atoms with Crippen molar-refractivity contribution in [3.05, 3.63) is 65.7 Å². The summed E-state index contributed by atoms with van der Waals surface area (Å²) in [5.41, 5.74) is 3.04. The van der Waals surface area contributed by atoms with E-state index in [0.29, 0.717) is 11.6 Å². The summed E-state index contributed by atoms with van der Waals surface area (Å²) in [4.78, 5) is 5.18. The third-order valence-corrected chi connectivity index (χ3v) is 5.19. The molecule has 0 atom stereocenters. The Morgan fingerprint density at radius 1 is 1.00 bits per heavy atom. The van der Waals surface area contributed by atoms with Crippen LogP contribution in [0.25, 0.3) is 26.6 Å². The van der Waals surface area contributed by atoms with E-state index in [-0.39, 0.29) is 0 Å². The minimum absolute atomic E-state index is 0.561. The molecule has 0 aliphatic heterocycles. The summed E-state index contributed by atoms with van der Waals surface area (Å²) in [6.07, 6.45) is 1.82. The van der Waals surface area contributed by atoms with Crippen molar-refractivity contribution in [2.24, 2.45) is 0 Å². The van der Waals surface area contributed by atoms with Gasteiger partial charge in [0, 0.05) is 10.6 Å². The number of nitrogens with zero attached hydrogens (tertiary/aromatic N) is 6. The van der Waals surface area contributed by atoms with Gasteiger partial charge < -0.3 is 4.57 Å². The van der Waals surface area contributed by atoms with Gasteiger partial charge >= 0.3 is 0 Å². The first-order valence-electron chi connectivity index (χ1n) is 7.65. The second-order valence-corrected chi connectivity index (χ2v) is 6.98. The summed E-state index contributed by atoms with van der Waals surface area (Å²) in [6, 6.07) is 15.6. The van der Waals surface area contributed by atoms with E-state index >= 15 is 0 Å². The highest BCUT2D eigenvalue weighted by molar-refractivity contribution is 7.19. The number of fused-ring (bicyclic) bond motifs is 2. The highest BCUT2D eigenvalue weighted by atomic mass is 35.5. The van der Waals surface area contributed by atoms with Crippen molar-refractivity contribution in [2.75, 3.05) is 0 Å². The quantitative estimate of drug-likeness (QED) is 0.485. The first kappa shape index (κ1) is 14.6. The highest BCUT2D eigenvalue weighted by Crippen LogP contribution is 2.26. The second-order valence-electron chi connectivity index (χ2n) is 5.59. The predicted octanol–water partition coefficient (Wildman–Crippen LogP) is 3.90. The lowest BCUT2D eigenvalue weighted by molar-refractivity contribution is 0.726. The number of rotatable bonds is 3. The molecule has 122 valence electrons. The fourth-order valence-corrected chi connectivity index (χ4v) is 3.74. The molecule has 8 heteroatoms. The summed E-state index contributed by atoms with van der Waals surface area (Å²) in [5.74, 6) is 0.773. The number of aromatic nitrogens is 6. The Balaban J connectivity index is 1.55. The lowest BCUT2D eigenvalue weighted by Gasteiger charge is -2.01. The van der Waals surface area contributed by atoms with Crippen LogP contribution in [0.4, 0.5) is 0 Å². The molecule has 0 saturated heterocycles. The predicted molar refractivity (Wildman–Crippen MR) is 97.9 cm³/mol. The van der Waals surface area contributed by atoms with Gasteiger partial charge in [-0.1, -0.05) is 47.2 Å². The average molecular weight is 367 g/mol. The van der Waals surface area contributed by atoms with Crippen molar-refractivity contribution in [3.63, 3.8) is 0 Å². The lowest BCUT2D eigenvalue weighted by atomic mass is 10.2. The van der Waals surface area contributed by atoms with Gasteiger partial charge in [0.25, 0.3) is 0 Å².